The SMILES string of the molecule is COCC1(CNC(=O)c2cccc(C)c2Cl)CCNCC1. The molecule has 0 spiro atoms. The molecule has 5 heteroatoms. The third-order valence-corrected chi connectivity index (χ3v) is 4.68. The Bertz CT molecular complexity index is 494. The van der Waals surface area contributed by atoms with Crippen LogP contribution in [-0.4, -0.2) is 39.3 Å². The van der Waals surface area contributed by atoms with Gasteiger partial charge < -0.3 is 15.4 Å². The van der Waals surface area contributed by atoms with Crippen molar-refractivity contribution in [3.63, 3.8) is 0 Å². The van der Waals surface area contributed by atoms with Gasteiger partial charge in [0.2, 0.25) is 0 Å². The van der Waals surface area contributed by atoms with E-state index in [4.69, 9.17) is 16.3 Å². The Labute approximate surface area is 131 Å². The van der Waals surface area contributed by atoms with Crippen molar-refractivity contribution in [1.82, 2.24) is 10.6 Å². The molecular formula is C16H23ClN2O2. The van der Waals surface area contributed by atoms with Crippen molar-refractivity contribution in [3.05, 3.63) is 34.3 Å². The molecule has 0 aromatic heterocycles. The van der Waals surface area contributed by atoms with Crippen LogP contribution in [0.5, 0.6) is 0 Å². The molecular weight excluding hydrogens is 288 g/mol. The summed E-state index contributed by atoms with van der Waals surface area (Å²) in [5.41, 5.74) is 1.47. The van der Waals surface area contributed by atoms with Crippen LogP contribution in [0.3, 0.4) is 0 Å². The lowest BCUT2D eigenvalue weighted by atomic mass is 9.79. The number of halogens is 1. The average molecular weight is 311 g/mol. The van der Waals surface area contributed by atoms with Crippen molar-refractivity contribution < 1.29 is 9.53 Å². The van der Waals surface area contributed by atoms with Crippen LogP contribution >= 0.6 is 11.6 Å². The predicted octanol–water partition coefficient (Wildman–Crippen LogP) is 2.39. The summed E-state index contributed by atoms with van der Waals surface area (Å²) in [6, 6.07) is 5.51. The van der Waals surface area contributed by atoms with Crippen LogP contribution in [0.15, 0.2) is 18.2 Å². The van der Waals surface area contributed by atoms with Crippen LogP contribution in [0.25, 0.3) is 0 Å². The molecule has 0 atom stereocenters. The van der Waals surface area contributed by atoms with Gasteiger partial charge in [-0.3, -0.25) is 4.79 Å². The molecule has 0 unspecified atom stereocenters. The van der Waals surface area contributed by atoms with E-state index in [0.29, 0.717) is 23.7 Å². The lowest BCUT2D eigenvalue weighted by Crippen LogP contribution is -2.47. The third kappa shape index (κ3) is 3.96. The average Bonchev–Trinajstić information content (AvgIpc) is 2.49. The number of ether oxygens (including phenoxy) is 1. The van der Waals surface area contributed by atoms with Gasteiger partial charge in [-0.05, 0) is 44.5 Å². The minimum absolute atomic E-state index is 0.0198. The number of hydrogen-bond acceptors (Lipinski definition) is 3. The number of piperidine rings is 1. The van der Waals surface area contributed by atoms with E-state index in [-0.39, 0.29) is 11.3 Å². The summed E-state index contributed by atoms with van der Waals surface area (Å²) >= 11 is 6.21. The summed E-state index contributed by atoms with van der Waals surface area (Å²) in [5, 5.41) is 6.90. The van der Waals surface area contributed by atoms with Crippen LogP contribution in [0, 0.1) is 12.3 Å². The number of carbonyl (C=O) groups excluding carboxylic acids is 1. The number of rotatable bonds is 5. The Kier molecular flexibility index (Phi) is 5.62. The Hall–Kier alpha value is -1.10. The fourth-order valence-corrected chi connectivity index (χ4v) is 3.03. The molecule has 1 aliphatic heterocycles. The van der Waals surface area contributed by atoms with E-state index in [1.807, 2.05) is 19.1 Å². The van der Waals surface area contributed by atoms with Crippen molar-refractivity contribution in [1.29, 1.82) is 0 Å². The number of nitrogens with one attached hydrogen (secondary N) is 2. The zero-order valence-electron chi connectivity index (χ0n) is 12.7. The lowest BCUT2D eigenvalue weighted by Gasteiger charge is -2.37. The highest BCUT2D eigenvalue weighted by Gasteiger charge is 2.32. The summed E-state index contributed by atoms with van der Waals surface area (Å²) in [4.78, 5) is 12.4. The molecule has 4 nitrogen and oxygen atoms in total. The van der Waals surface area contributed by atoms with Crippen molar-refractivity contribution >= 4 is 17.5 Å². The predicted molar refractivity (Wildman–Crippen MR) is 84.9 cm³/mol. The van der Waals surface area contributed by atoms with Crippen molar-refractivity contribution in [2.45, 2.75) is 19.8 Å². The second kappa shape index (κ2) is 7.25. The van der Waals surface area contributed by atoms with E-state index in [1.165, 1.54) is 0 Å². The van der Waals surface area contributed by atoms with Gasteiger partial charge in [0.1, 0.15) is 0 Å². The van der Waals surface area contributed by atoms with Gasteiger partial charge in [0, 0.05) is 19.1 Å². The molecule has 0 radical (unpaired) electrons. The minimum Gasteiger partial charge on any atom is -0.384 e. The Balaban J connectivity index is 2.03. The van der Waals surface area contributed by atoms with Crippen molar-refractivity contribution in [3.8, 4) is 0 Å². The normalized spacial score (nSPS) is 17.5. The van der Waals surface area contributed by atoms with Gasteiger partial charge in [-0.25, -0.2) is 0 Å². The molecule has 0 bridgehead atoms. The second-order valence-corrected chi connectivity index (χ2v) is 6.18. The summed E-state index contributed by atoms with van der Waals surface area (Å²) in [6.45, 7) is 5.11. The van der Waals surface area contributed by atoms with Crippen LogP contribution in [0.4, 0.5) is 0 Å². The summed E-state index contributed by atoms with van der Waals surface area (Å²) in [5.74, 6) is -0.113. The second-order valence-electron chi connectivity index (χ2n) is 5.80. The zero-order valence-corrected chi connectivity index (χ0v) is 13.4. The summed E-state index contributed by atoms with van der Waals surface area (Å²) in [6.07, 6.45) is 2.01. The molecule has 2 N–H and O–H groups in total. The summed E-state index contributed by atoms with van der Waals surface area (Å²) in [7, 11) is 1.71. The molecule has 1 aromatic carbocycles. The maximum atomic E-state index is 12.4. The lowest BCUT2D eigenvalue weighted by molar-refractivity contribution is 0.0512. The van der Waals surface area contributed by atoms with Gasteiger partial charge >= 0.3 is 0 Å². The maximum Gasteiger partial charge on any atom is 0.252 e. The summed E-state index contributed by atoms with van der Waals surface area (Å²) < 4.78 is 5.36. The molecule has 0 aliphatic carbocycles. The topological polar surface area (TPSA) is 50.4 Å². The van der Waals surface area contributed by atoms with Crippen LogP contribution in [0.2, 0.25) is 5.02 Å². The first-order valence-electron chi connectivity index (χ1n) is 7.31. The van der Waals surface area contributed by atoms with Crippen LogP contribution in [-0.2, 0) is 4.74 Å². The highest BCUT2D eigenvalue weighted by atomic mass is 35.5. The van der Waals surface area contributed by atoms with E-state index in [2.05, 4.69) is 10.6 Å². The van der Waals surface area contributed by atoms with Gasteiger partial charge in [-0.15, -0.1) is 0 Å². The minimum atomic E-state index is -0.113. The van der Waals surface area contributed by atoms with Crippen LogP contribution < -0.4 is 10.6 Å². The molecule has 2 rings (SSSR count). The fraction of sp³-hybridized carbons (Fsp3) is 0.562. The third-order valence-electron chi connectivity index (χ3n) is 4.18. The van der Waals surface area contributed by atoms with Crippen molar-refractivity contribution in [2.24, 2.45) is 5.41 Å². The Morgan fingerprint density at radius 1 is 1.43 bits per heavy atom. The number of aryl methyl sites for hydroxylation is 1. The number of carbonyl (C=O) groups is 1. The van der Waals surface area contributed by atoms with Gasteiger partial charge in [0.05, 0.1) is 17.2 Å². The largest absolute Gasteiger partial charge is 0.384 e. The maximum absolute atomic E-state index is 12.4. The molecule has 116 valence electrons. The molecule has 1 aromatic rings. The quantitative estimate of drug-likeness (QED) is 0.878. The van der Waals surface area contributed by atoms with Crippen LogP contribution in [0.1, 0.15) is 28.8 Å². The van der Waals surface area contributed by atoms with Gasteiger partial charge in [0.25, 0.3) is 5.91 Å². The molecule has 0 saturated carbocycles. The van der Waals surface area contributed by atoms with Gasteiger partial charge in [-0.2, -0.15) is 0 Å². The van der Waals surface area contributed by atoms with E-state index in [9.17, 15) is 4.79 Å². The number of amides is 1. The number of benzene rings is 1. The Morgan fingerprint density at radius 3 is 2.81 bits per heavy atom. The molecule has 1 fully saturated rings. The standard InChI is InChI=1S/C16H23ClN2O2/c1-12-4-3-5-13(14(12)17)15(20)19-10-16(11-21-2)6-8-18-9-7-16/h3-5,18H,6-11H2,1-2H3,(H,19,20). The molecule has 1 heterocycles. The first-order chi connectivity index (χ1) is 10.1. The first kappa shape index (κ1) is 16.3. The highest BCUT2D eigenvalue weighted by Crippen LogP contribution is 2.28. The monoisotopic (exact) mass is 310 g/mol. The van der Waals surface area contributed by atoms with Gasteiger partial charge in [0.15, 0.2) is 0 Å². The molecule has 21 heavy (non-hydrogen) atoms. The van der Waals surface area contributed by atoms with Crippen molar-refractivity contribution in [2.75, 3.05) is 33.4 Å². The zero-order chi connectivity index (χ0) is 15.3. The van der Waals surface area contributed by atoms with E-state index < -0.39 is 0 Å². The first-order valence-corrected chi connectivity index (χ1v) is 7.69. The number of methoxy groups -OCH3 is 1. The molecule has 1 amide bonds. The smallest absolute Gasteiger partial charge is 0.252 e. The van der Waals surface area contributed by atoms with E-state index in [0.717, 1.165) is 31.5 Å². The molecule has 1 aliphatic rings. The Morgan fingerprint density at radius 2 is 2.14 bits per heavy atom. The molecule has 1 saturated heterocycles. The fourth-order valence-electron chi connectivity index (χ4n) is 2.82. The van der Waals surface area contributed by atoms with Gasteiger partial charge in [-0.1, -0.05) is 23.7 Å². The highest BCUT2D eigenvalue weighted by molar-refractivity contribution is 6.34. The van der Waals surface area contributed by atoms with E-state index >= 15 is 0 Å². The van der Waals surface area contributed by atoms with E-state index in [1.54, 1.807) is 13.2 Å². The number of hydrogen-bond donors (Lipinski definition) is 2.